The summed E-state index contributed by atoms with van der Waals surface area (Å²) in [6, 6.07) is 2.51. The summed E-state index contributed by atoms with van der Waals surface area (Å²) in [5, 5.41) is 30.5. The molecule has 0 fully saturated rings. The molecule has 0 unspecified atom stereocenters. The maximum atomic E-state index is 12.0. The highest BCUT2D eigenvalue weighted by Gasteiger charge is 2.22. The van der Waals surface area contributed by atoms with Crippen molar-refractivity contribution in [3.63, 3.8) is 0 Å². The molecule has 108 valence electrons. The van der Waals surface area contributed by atoms with Crippen molar-refractivity contribution >= 4 is 17.6 Å². The van der Waals surface area contributed by atoms with Crippen molar-refractivity contribution in [2.45, 2.75) is 19.4 Å². The third-order valence-corrected chi connectivity index (χ3v) is 2.70. The van der Waals surface area contributed by atoms with Crippen molar-refractivity contribution in [3.05, 3.63) is 39.4 Å². The first-order chi connectivity index (χ1) is 9.36. The molecule has 1 aromatic carbocycles. The first-order valence-corrected chi connectivity index (χ1v) is 5.76. The second-order valence-electron chi connectivity index (χ2n) is 4.13. The normalized spacial score (nSPS) is 11.7. The number of benzene rings is 1. The van der Waals surface area contributed by atoms with Gasteiger partial charge in [0.05, 0.1) is 4.92 Å². The Balaban J connectivity index is 2.99. The molecule has 0 saturated heterocycles. The number of aryl methyl sites for hydroxylation is 1. The van der Waals surface area contributed by atoms with Crippen LogP contribution in [0.25, 0.3) is 0 Å². The Morgan fingerprint density at radius 3 is 2.60 bits per heavy atom. The van der Waals surface area contributed by atoms with E-state index < -0.39 is 29.4 Å². The number of carbonyl (C=O) groups excluding carboxylic acids is 1. The number of aliphatic hydroxyl groups is 1. The van der Waals surface area contributed by atoms with Crippen molar-refractivity contribution in [3.8, 4) is 0 Å². The van der Waals surface area contributed by atoms with E-state index in [4.69, 9.17) is 10.2 Å². The smallest absolute Gasteiger partial charge is 0.326 e. The van der Waals surface area contributed by atoms with Crippen LogP contribution < -0.4 is 5.32 Å². The summed E-state index contributed by atoms with van der Waals surface area (Å²) in [5.74, 6) is -2.01. The van der Waals surface area contributed by atoms with E-state index in [1.807, 2.05) is 0 Å². The first kappa shape index (κ1) is 15.6. The van der Waals surface area contributed by atoms with Crippen LogP contribution in [0.2, 0.25) is 0 Å². The molecule has 0 aliphatic heterocycles. The minimum atomic E-state index is -1.28. The number of carboxylic acid groups (broad SMARTS) is 1. The zero-order valence-electron chi connectivity index (χ0n) is 10.7. The van der Waals surface area contributed by atoms with Gasteiger partial charge in [-0.25, -0.2) is 4.79 Å². The van der Waals surface area contributed by atoms with Gasteiger partial charge in [0.15, 0.2) is 0 Å². The summed E-state index contributed by atoms with van der Waals surface area (Å²) < 4.78 is 0. The molecule has 3 N–H and O–H groups in total. The molecule has 0 heterocycles. The summed E-state index contributed by atoms with van der Waals surface area (Å²) >= 11 is 0. The summed E-state index contributed by atoms with van der Waals surface area (Å²) in [6.45, 7) is 1.19. The van der Waals surface area contributed by atoms with Crippen LogP contribution in [0.1, 0.15) is 22.3 Å². The van der Waals surface area contributed by atoms with Crippen molar-refractivity contribution in [2.24, 2.45) is 0 Å². The van der Waals surface area contributed by atoms with Gasteiger partial charge in [-0.1, -0.05) is 6.07 Å². The fourth-order valence-corrected chi connectivity index (χ4v) is 1.59. The van der Waals surface area contributed by atoms with Gasteiger partial charge in [-0.3, -0.25) is 14.9 Å². The Kier molecular flexibility index (Phi) is 5.15. The number of carbonyl (C=O) groups is 2. The molecule has 0 spiro atoms. The molecule has 0 aliphatic carbocycles. The Morgan fingerprint density at radius 2 is 2.10 bits per heavy atom. The van der Waals surface area contributed by atoms with E-state index in [1.54, 1.807) is 6.92 Å². The number of rotatable bonds is 6. The van der Waals surface area contributed by atoms with Crippen molar-refractivity contribution in [1.82, 2.24) is 5.32 Å². The monoisotopic (exact) mass is 282 g/mol. The van der Waals surface area contributed by atoms with Gasteiger partial charge in [0.1, 0.15) is 6.04 Å². The van der Waals surface area contributed by atoms with E-state index in [0.717, 1.165) is 6.07 Å². The second kappa shape index (κ2) is 6.62. The van der Waals surface area contributed by atoms with Gasteiger partial charge in [-0.05, 0) is 12.5 Å². The average molecular weight is 282 g/mol. The fraction of sp³-hybridized carbons (Fsp3) is 0.333. The zero-order chi connectivity index (χ0) is 15.3. The van der Waals surface area contributed by atoms with Gasteiger partial charge < -0.3 is 15.5 Å². The Morgan fingerprint density at radius 1 is 1.45 bits per heavy atom. The first-order valence-electron chi connectivity index (χ1n) is 5.76. The van der Waals surface area contributed by atoms with E-state index in [2.05, 4.69) is 5.32 Å². The lowest BCUT2D eigenvalue weighted by Crippen LogP contribution is -2.41. The number of hydrogen-bond acceptors (Lipinski definition) is 5. The maximum Gasteiger partial charge on any atom is 0.326 e. The summed E-state index contributed by atoms with van der Waals surface area (Å²) in [5.41, 5.74) is 0.263. The van der Waals surface area contributed by atoms with Crippen LogP contribution in [-0.4, -0.2) is 39.7 Å². The Hall–Kier alpha value is -2.48. The van der Waals surface area contributed by atoms with Gasteiger partial charge in [-0.15, -0.1) is 0 Å². The molecule has 1 amide bonds. The van der Waals surface area contributed by atoms with E-state index in [0.29, 0.717) is 5.56 Å². The standard InChI is InChI=1S/C12H14N2O6/c1-7-2-3-8(14(19)20)6-9(7)11(16)13-10(4-5-15)12(17)18/h2-3,6,10,15H,4-5H2,1H3,(H,13,16)(H,17,18)/t10-/m1/s1. The number of hydrogen-bond donors (Lipinski definition) is 3. The number of nitro benzene ring substituents is 1. The number of nitrogens with one attached hydrogen (secondary N) is 1. The lowest BCUT2D eigenvalue weighted by molar-refractivity contribution is -0.384. The largest absolute Gasteiger partial charge is 0.480 e. The highest BCUT2D eigenvalue weighted by molar-refractivity contribution is 5.98. The molecule has 0 aliphatic rings. The highest BCUT2D eigenvalue weighted by atomic mass is 16.6. The average Bonchev–Trinajstić information content (AvgIpc) is 2.38. The van der Waals surface area contributed by atoms with Gasteiger partial charge in [0, 0.05) is 30.7 Å². The summed E-state index contributed by atoms with van der Waals surface area (Å²) in [7, 11) is 0. The predicted molar refractivity (Wildman–Crippen MR) is 68.4 cm³/mol. The van der Waals surface area contributed by atoms with Crippen molar-refractivity contribution in [1.29, 1.82) is 0 Å². The third kappa shape index (κ3) is 3.75. The minimum Gasteiger partial charge on any atom is -0.480 e. The zero-order valence-corrected chi connectivity index (χ0v) is 10.7. The molecule has 1 rings (SSSR count). The number of nitrogens with zero attached hydrogens (tertiary/aromatic N) is 1. The topological polar surface area (TPSA) is 130 Å². The molecule has 1 aromatic rings. The van der Waals surface area contributed by atoms with Crippen LogP contribution in [-0.2, 0) is 4.79 Å². The summed E-state index contributed by atoms with van der Waals surface area (Å²) in [6.07, 6.45) is -0.144. The van der Waals surface area contributed by atoms with Gasteiger partial charge in [0.25, 0.3) is 11.6 Å². The molecule has 20 heavy (non-hydrogen) atoms. The van der Waals surface area contributed by atoms with Crippen LogP contribution in [0.3, 0.4) is 0 Å². The molecule has 1 atom stereocenters. The lowest BCUT2D eigenvalue weighted by Gasteiger charge is -2.14. The number of carboxylic acids is 1. The number of amides is 1. The second-order valence-corrected chi connectivity index (χ2v) is 4.13. The van der Waals surface area contributed by atoms with Crippen LogP contribution in [0.5, 0.6) is 0 Å². The molecule has 0 bridgehead atoms. The Bertz CT molecular complexity index is 543. The molecule has 8 nitrogen and oxygen atoms in total. The van der Waals surface area contributed by atoms with Crippen LogP contribution >= 0.6 is 0 Å². The minimum absolute atomic E-state index is 0.0309. The predicted octanol–water partition coefficient (Wildman–Crippen LogP) is 0.469. The fourth-order valence-electron chi connectivity index (χ4n) is 1.59. The number of aliphatic carboxylic acids is 1. The van der Waals surface area contributed by atoms with E-state index in [9.17, 15) is 19.7 Å². The molecule has 8 heteroatoms. The Labute approximate surface area is 114 Å². The molecule has 0 radical (unpaired) electrons. The SMILES string of the molecule is Cc1ccc([N+](=O)[O-])cc1C(=O)N[C@H](CCO)C(=O)O. The molecule has 0 aromatic heterocycles. The van der Waals surface area contributed by atoms with Crippen LogP contribution in [0.15, 0.2) is 18.2 Å². The van der Waals surface area contributed by atoms with Crippen molar-refractivity contribution in [2.75, 3.05) is 6.61 Å². The van der Waals surface area contributed by atoms with Gasteiger partial charge in [0.2, 0.25) is 0 Å². The highest BCUT2D eigenvalue weighted by Crippen LogP contribution is 2.17. The van der Waals surface area contributed by atoms with Crippen LogP contribution in [0, 0.1) is 17.0 Å². The number of nitro groups is 1. The van der Waals surface area contributed by atoms with Gasteiger partial charge >= 0.3 is 5.97 Å². The van der Waals surface area contributed by atoms with E-state index in [-0.39, 0.29) is 17.7 Å². The number of aliphatic hydroxyl groups excluding tert-OH is 1. The van der Waals surface area contributed by atoms with E-state index in [1.165, 1.54) is 12.1 Å². The maximum absolute atomic E-state index is 12.0. The summed E-state index contributed by atoms with van der Waals surface area (Å²) in [4.78, 5) is 32.9. The quantitative estimate of drug-likeness (QED) is 0.513. The molecular weight excluding hydrogens is 268 g/mol. The molecular formula is C12H14N2O6. The third-order valence-electron chi connectivity index (χ3n) is 2.70. The lowest BCUT2D eigenvalue weighted by atomic mass is 10.1. The van der Waals surface area contributed by atoms with Crippen molar-refractivity contribution < 1.29 is 24.7 Å². The van der Waals surface area contributed by atoms with E-state index >= 15 is 0 Å². The number of non-ortho nitro benzene ring substituents is 1. The molecule has 0 saturated carbocycles. The van der Waals surface area contributed by atoms with Gasteiger partial charge in [-0.2, -0.15) is 0 Å². The van der Waals surface area contributed by atoms with Crippen LogP contribution in [0.4, 0.5) is 5.69 Å².